The largest absolute Gasteiger partial charge is 0.391 e. The first-order valence-electron chi connectivity index (χ1n) is 5.11. The van der Waals surface area contributed by atoms with E-state index in [2.05, 4.69) is 0 Å². The van der Waals surface area contributed by atoms with Crippen LogP contribution < -0.4 is 0 Å². The van der Waals surface area contributed by atoms with E-state index in [1.165, 1.54) is 10.6 Å². The molecule has 4 nitrogen and oxygen atoms in total. The zero-order chi connectivity index (χ0) is 10.8. The summed E-state index contributed by atoms with van der Waals surface area (Å²) in [4.78, 5) is 0. The Balaban J connectivity index is 2.79. The summed E-state index contributed by atoms with van der Waals surface area (Å²) in [5.74, 6) is 0. The van der Waals surface area contributed by atoms with Crippen LogP contribution in [0.4, 0.5) is 0 Å². The number of sulfonamides is 1. The van der Waals surface area contributed by atoms with Crippen LogP contribution in [0.25, 0.3) is 0 Å². The van der Waals surface area contributed by atoms with Crippen molar-refractivity contribution >= 4 is 10.0 Å². The van der Waals surface area contributed by atoms with Gasteiger partial charge in [-0.3, -0.25) is 0 Å². The first-order valence-corrected chi connectivity index (χ1v) is 6.96. The van der Waals surface area contributed by atoms with Crippen LogP contribution in [0.2, 0.25) is 0 Å². The first-order chi connectivity index (χ1) is 6.46. The Bertz CT molecular complexity index is 276. The predicted molar refractivity (Wildman–Crippen MR) is 55.5 cm³/mol. The lowest BCUT2D eigenvalue weighted by molar-refractivity contribution is 0.0671. The van der Waals surface area contributed by atoms with Crippen molar-refractivity contribution < 1.29 is 13.5 Å². The highest BCUT2D eigenvalue weighted by Gasteiger charge is 2.33. The number of piperidine rings is 1. The summed E-state index contributed by atoms with van der Waals surface area (Å²) in [5.41, 5.74) is 0. The minimum Gasteiger partial charge on any atom is -0.391 e. The van der Waals surface area contributed by atoms with Gasteiger partial charge in [0, 0.05) is 6.54 Å². The summed E-state index contributed by atoms with van der Waals surface area (Å²) < 4.78 is 24.3. The molecule has 1 N–H and O–H groups in total. The van der Waals surface area contributed by atoms with Crippen molar-refractivity contribution in [1.29, 1.82) is 0 Å². The van der Waals surface area contributed by atoms with E-state index in [9.17, 15) is 13.5 Å². The molecule has 1 fully saturated rings. The van der Waals surface area contributed by atoms with Crippen LogP contribution in [-0.2, 0) is 10.0 Å². The van der Waals surface area contributed by atoms with E-state index in [1.54, 1.807) is 0 Å². The van der Waals surface area contributed by atoms with Gasteiger partial charge in [0.25, 0.3) is 0 Å². The van der Waals surface area contributed by atoms with Crippen molar-refractivity contribution in [2.45, 2.75) is 44.8 Å². The number of hydrogen-bond acceptors (Lipinski definition) is 3. The van der Waals surface area contributed by atoms with Gasteiger partial charge in [0.15, 0.2) is 0 Å². The van der Waals surface area contributed by atoms with Crippen molar-refractivity contribution in [3.63, 3.8) is 0 Å². The molecule has 1 aliphatic heterocycles. The van der Waals surface area contributed by atoms with E-state index in [0.29, 0.717) is 13.0 Å². The van der Waals surface area contributed by atoms with Crippen LogP contribution in [0.3, 0.4) is 0 Å². The molecule has 0 spiro atoms. The summed E-state index contributed by atoms with van der Waals surface area (Å²) in [6, 6.07) is -0.205. The molecule has 0 bridgehead atoms. The predicted octanol–water partition coefficient (Wildman–Crippen LogP) is 0.571. The van der Waals surface area contributed by atoms with Crippen LogP contribution >= 0.6 is 0 Å². The second-order valence-electron chi connectivity index (χ2n) is 3.91. The maximum absolute atomic E-state index is 11.4. The molecular weight excluding hydrogens is 202 g/mol. The molecule has 0 aromatic heterocycles. The molecule has 0 saturated carbocycles. The standard InChI is InChI=1S/C9H19NO3S/c1-3-9(11)8-6-4-5-7-10(8)14(2,12)13/h8-9,11H,3-7H2,1-2H3. The Morgan fingerprint density at radius 1 is 1.50 bits per heavy atom. The lowest BCUT2D eigenvalue weighted by Gasteiger charge is -2.36. The molecule has 84 valence electrons. The van der Waals surface area contributed by atoms with Crippen molar-refractivity contribution in [3.8, 4) is 0 Å². The highest BCUT2D eigenvalue weighted by atomic mass is 32.2. The normalized spacial score (nSPS) is 27.5. The maximum Gasteiger partial charge on any atom is 0.211 e. The van der Waals surface area contributed by atoms with Crippen molar-refractivity contribution in [3.05, 3.63) is 0 Å². The molecule has 1 heterocycles. The SMILES string of the molecule is CCC(O)C1CCCCN1S(C)(=O)=O. The number of aliphatic hydroxyl groups excluding tert-OH is 1. The number of nitrogens with zero attached hydrogens (tertiary/aromatic N) is 1. The van der Waals surface area contributed by atoms with E-state index < -0.39 is 16.1 Å². The molecule has 0 aromatic rings. The number of hydrogen-bond donors (Lipinski definition) is 1. The Hall–Kier alpha value is -0.130. The van der Waals surface area contributed by atoms with Gasteiger partial charge in [-0.2, -0.15) is 4.31 Å². The topological polar surface area (TPSA) is 57.6 Å². The zero-order valence-corrected chi connectivity index (χ0v) is 9.63. The number of aliphatic hydroxyl groups is 1. The quantitative estimate of drug-likeness (QED) is 0.758. The van der Waals surface area contributed by atoms with Gasteiger partial charge in [-0.15, -0.1) is 0 Å². The van der Waals surface area contributed by atoms with Crippen molar-refractivity contribution in [1.82, 2.24) is 4.31 Å². The molecule has 2 atom stereocenters. The number of rotatable bonds is 3. The lowest BCUT2D eigenvalue weighted by atomic mass is 9.98. The van der Waals surface area contributed by atoms with E-state index in [4.69, 9.17) is 0 Å². The monoisotopic (exact) mass is 221 g/mol. The molecule has 0 amide bonds. The second-order valence-corrected chi connectivity index (χ2v) is 5.85. The lowest BCUT2D eigenvalue weighted by Crippen LogP contribution is -2.49. The third kappa shape index (κ3) is 2.68. The Morgan fingerprint density at radius 2 is 2.14 bits per heavy atom. The van der Waals surface area contributed by atoms with Crippen LogP contribution in [0.5, 0.6) is 0 Å². The molecule has 2 unspecified atom stereocenters. The average Bonchev–Trinajstić information content (AvgIpc) is 2.15. The minimum absolute atomic E-state index is 0.205. The van der Waals surface area contributed by atoms with Gasteiger partial charge < -0.3 is 5.11 Å². The van der Waals surface area contributed by atoms with Crippen LogP contribution in [0.15, 0.2) is 0 Å². The van der Waals surface area contributed by atoms with Gasteiger partial charge >= 0.3 is 0 Å². The Kier molecular flexibility index (Phi) is 3.92. The summed E-state index contributed by atoms with van der Waals surface area (Å²) in [6.45, 7) is 2.43. The van der Waals surface area contributed by atoms with Crippen LogP contribution in [0, 0.1) is 0 Å². The molecule has 0 aliphatic carbocycles. The summed E-state index contributed by atoms with van der Waals surface area (Å²) in [6.07, 6.45) is 3.99. The summed E-state index contributed by atoms with van der Waals surface area (Å²) in [7, 11) is -3.16. The van der Waals surface area contributed by atoms with Gasteiger partial charge in [0.05, 0.1) is 18.4 Å². The van der Waals surface area contributed by atoms with Crippen LogP contribution in [0.1, 0.15) is 32.6 Å². The molecule has 1 rings (SSSR count). The molecule has 5 heteroatoms. The molecule has 0 radical (unpaired) electrons. The zero-order valence-electron chi connectivity index (χ0n) is 8.81. The van der Waals surface area contributed by atoms with Crippen molar-refractivity contribution in [2.75, 3.05) is 12.8 Å². The fourth-order valence-electron chi connectivity index (χ4n) is 2.00. The molecule has 1 saturated heterocycles. The third-order valence-corrected chi connectivity index (χ3v) is 4.09. The second kappa shape index (κ2) is 4.59. The maximum atomic E-state index is 11.4. The van der Waals surface area contributed by atoms with E-state index in [0.717, 1.165) is 19.3 Å². The van der Waals surface area contributed by atoms with Gasteiger partial charge in [-0.1, -0.05) is 13.3 Å². The fourth-order valence-corrected chi connectivity index (χ4v) is 3.20. The summed E-state index contributed by atoms with van der Waals surface area (Å²) >= 11 is 0. The minimum atomic E-state index is -3.16. The van der Waals surface area contributed by atoms with Gasteiger partial charge in [0.1, 0.15) is 0 Å². The van der Waals surface area contributed by atoms with E-state index in [1.807, 2.05) is 6.92 Å². The molecule has 1 aliphatic rings. The van der Waals surface area contributed by atoms with E-state index in [-0.39, 0.29) is 6.04 Å². The Morgan fingerprint density at radius 3 is 2.64 bits per heavy atom. The smallest absolute Gasteiger partial charge is 0.211 e. The van der Waals surface area contributed by atoms with Gasteiger partial charge in [-0.05, 0) is 19.3 Å². The van der Waals surface area contributed by atoms with Crippen LogP contribution in [-0.4, -0.2) is 42.8 Å². The molecule has 0 aromatic carbocycles. The van der Waals surface area contributed by atoms with Gasteiger partial charge in [0.2, 0.25) is 10.0 Å². The van der Waals surface area contributed by atoms with Gasteiger partial charge in [-0.25, -0.2) is 8.42 Å². The average molecular weight is 221 g/mol. The Labute approximate surface area is 86.0 Å². The fraction of sp³-hybridized carbons (Fsp3) is 1.00. The summed E-state index contributed by atoms with van der Waals surface area (Å²) in [5, 5.41) is 9.71. The third-order valence-electron chi connectivity index (χ3n) is 2.79. The van der Waals surface area contributed by atoms with Crippen molar-refractivity contribution in [2.24, 2.45) is 0 Å². The molecule has 14 heavy (non-hydrogen) atoms. The highest BCUT2D eigenvalue weighted by molar-refractivity contribution is 7.88. The first kappa shape index (κ1) is 11.9. The molecular formula is C9H19NO3S. The highest BCUT2D eigenvalue weighted by Crippen LogP contribution is 2.23. The van der Waals surface area contributed by atoms with E-state index >= 15 is 0 Å².